The molecule has 2 aromatic rings. The molecule has 0 amide bonds. The van der Waals surface area contributed by atoms with Gasteiger partial charge in [-0.15, -0.1) is 0 Å². The molecule has 0 aromatic heterocycles. The smallest absolute Gasteiger partial charge is 0.346 e. The molecule has 0 heterocycles. The zero-order valence-corrected chi connectivity index (χ0v) is 24.8. The Hall–Kier alpha value is -5.10. The van der Waals surface area contributed by atoms with Gasteiger partial charge in [0, 0.05) is 55.3 Å². The minimum Gasteiger partial charge on any atom is -0.507 e. The van der Waals surface area contributed by atoms with E-state index in [1.807, 2.05) is 0 Å². The topological polar surface area (TPSA) is 202 Å². The molecule has 2 aliphatic carbocycles. The summed E-state index contributed by atoms with van der Waals surface area (Å²) < 4.78 is 9.91. The molecule has 12 nitrogen and oxygen atoms in total. The third-order valence-electron chi connectivity index (χ3n) is 7.72. The van der Waals surface area contributed by atoms with E-state index in [1.165, 1.54) is 13.8 Å². The van der Waals surface area contributed by atoms with Crippen molar-refractivity contribution in [2.45, 2.75) is 53.4 Å². The Bertz CT molecular complexity index is 2050. The zero-order valence-electron chi connectivity index (χ0n) is 24.8. The SMILES string of the molecule is Cc1c(-c2c(C)c(=O)c3c(C(C)C)c(=O)c(=O)c(C=O)c-3c2=O)c(O)c2cc(O)c(OCC(=O)OCO)c(C(C)C)c2c1O. The Morgan fingerprint density at radius 3 is 1.95 bits per heavy atom. The fraction of sp³-hybridized carbons (Fsp3) is 0.312. The average Bonchev–Trinajstić information content (AvgIpc) is 2.95. The van der Waals surface area contributed by atoms with E-state index in [9.17, 15) is 44.1 Å². The monoisotopic (exact) mass is 606 g/mol. The molecular weight excluding hydrogens is 576 g/mol. The number of rotatable bonds is 8. The van der Waals surface area contributed by atoms with Crippen LogP contribution in [0.15, 0.2) is 25.2 Å². The lowest BCUT2D eigenvalue weighted by Crippen LogP contribution is -2.38. The number of phenols is 3. The van der Waals surface area contributed by atoms with E-state index < -0.39 is 86.9 Å². The quantitative estimate of drug-likeness (QED) is 0.0752. The Morgan fingerprint density at radius 1 is 0.795 bits per heavy atom. The average molecular weight is 607 g/mol. The molecule has 44 heavy (non-hydrogen) atoms. The van der Waals surface area contributed by atoms with Crippen LogP contribution in [0.25, 0.3) is 33.0 Å². The molecule has 2 aromatic carbocycles. The highest BCUT2D eigenvalue weighted by atomic mass is 16.6. The second-order valence-electron chi connectivity index (χ2n) is 11.0. The number of fused-ring (bicyclic) bond motifs is 2. The molecule has 230 valence electrons. The van der Waals surface area contributed by atoms with Crippen LogP contribution in [0.1, 0.15) is 72.1 Å². The first kappa shape index (κ1) is 31.8. The van der Waals surface area contributed by atoms with E-state index >= 15 is 0 Å². The number of benzene rings is 4. The van der Waals surface area contributed by atoms with Gasteiger partial charge in [-0.2, -0.15) is 0 Å². The van der Waals surface area contributed by atoms with E-state index in [-0.39, 0.29) is 56.2 Å². The second kappa shape index (κ2) is 11.5. The molecule has 0 radical (unpaired) electrons. The van der Waals surface area contributed by atoms with Crippen LogP contribution >= 0.6 is 0 Å². The number of phenolic OH excluding ortho intramolecular Hbond substituents is 3. The summed E-state index contributed by atoms with van der Waals surface area (Å²) in [6.45, 7) is 7.58. The first-order valence-corrected chi connectivity index (χ1v) is 13.6. The number of esters is 1. The summed E-state index contributed by atoms with van der Waals surface area (Å²) in [5.41, 5.74) is -6.71. The number of ether oxygens (including phenoxy) is 2. The Balaban J connectivity index is 2.19. The Labute approximate surface area is 249 Å². The lowest BCUT2D eigenvalue weighted by atomic mass is 9.81. The summed E-state index contributed by atoms with van der Waals surface area (Å²) in [5.74, 6) is -3.88. The van der Waals surface area contributed by atoms with Crippen LogP contribution in [-0.4, -0.2) is 46.1 Å². The highest BCUT2D eigenvalue weighted by Crippen LogP contribution is 2.51. The lowest BCUT2D eigenvalue weighted by molar-refractivity contribution is -0.154. The summed E-state index contributed by atoms with van der Waals surface area (Å²) in [7, 11) is 0. The van der Waals surface area contributed by atoms with Gasteiger partial charge in [-0.3, -0.25) is 24.0 Å². The number of hydrogen-bond donors (Lipinski definition) is 4. The third kappa shape index (κ3) is 4.67. The van der Waals surface area contributed by atoms with Crippen LogP contribution in [0.5, 0.6) is 23.0 Å². The van der Waals surface area contributed by atoms with E-state index in [1.54, 1.807) is 27.7 Å². The second-order valence-corrected chi connectivity index (χ2v) is 11.0. The van der Waals surface area contributed by atoms with Gasteiger partial charge >= 0.3 is 5.97 Å². The van der Waals surface area contributed by atoms with E-state index in [4.69, 9.17) is 9.84 Å². The first-order chi connectivity index (χ1) is 20.6. The van der Waals surface area contributed by atoms with Crippen molar-refractivity contribution >= 4 is 23.0 Å². The van der Waals surface area contributed by atoms with Crippen molar-refractivity contribution < 1.29 is 39.5 Å². The van der Waals surface area contributed by atoms with Gasteiger partial charge in [0.15, 0.2) is 42.0 Å². The highest BCUT2D eigenvalue weighted by Gasteiger charge is 2.33. The fourth-order valence-corrected chi connectivity index (χ4v) is 5.76. The molecule has 0 bridgehead atoms. The van der Waals surface area contributed by atoms with Gasteiger partial charge in [-0.1, -0.05) is 27.7 Å². The van der Waals surface area contributed by atoms with Gasteiger partial charge in [-0.25, -0.2) is 4.79 Å². The highest BCUT2D eigenvalue weighted by molar-refractivity contribution is 6.06. The molecule has 4 rings (SSSR count). The Morgan fingerprint density at radius 2 is 1.41 bits per heavy atom. The van der Waals surface area contributed by atoms with Crippen LogP contribution in [0.3, 0.4) is 0 Å². The number of aliphatic hydroxyl groups excluding tert-OH is 1. The number of aromatic hydroxyl groups is 3. The fourth-order valence-electron chi connectivity index (χ4n) is 5.76. The van der Waals surface area contributed by atoms with Crippen molar-refractivity contribution in [1.29, 1.82) is 0 Å². The molecule has 0 saturated carbocycles. The molecule has 0 spiro atoms. The maximum Gasteiger partial charge on any atom is 0.346 e. The molecule has 0 aliphatic heterocycles. The molecular formula is C32H30O12. The van der Waals surface area contributed by atoms with Crippen molar-refractivity contribution in [3.8, 4) is 45.3 Å². The van der Waals surface area contributed by atoms with Crippen molar-refractivity contribution in [1.82, 2.24) is 0 Å². The molecule has 0 saturated heterocycles. The summed E-state index contributed by atoms with van der Waals surface area (Å²) in [6, 6.07) is 1.04. The first-order valence-electron chi connectivity index (χ1n) is 13.6. The van der Waals surface area contributed by atoms with Crippen molar-refractivity contribution in [3.63, 3.8) is 0 Å². The molecule has 0 atom stereocenters. The predicted molar refractivity (Wildman–Crippen MR) is 160 cm³/mol. The van der Waals surface area contributed by atoms with Gasteiger partial charge in [0.2, 0.25) is 10.9 Å². The summed E-state index contributed by atoms with van der Waals surface area (Å²) >= 11 is 0. The molecule has 0 unspecified atom stereocenters. The summed E-state index contributed by atoms with van der Waals surface area (Å²) in [4.78, 5) is 77.3. The number of carbonyl (C=O) groups is 2. The van der Waals surface area contributed by atoms with Gasteiger partial charge < -0.3 is 29.9 Å². The van der Waals surface area contributed by atoms with E-state index in [0.717, 1.165) is 6.07 Å². The lowest BCUT2D eigenvalue weighted by Gasteiger charge is -2.23. The summed E-state index contributed by atoms with van der Waals surface area (Å²) in [5, 5.41) is 42.7. The standard InChI is InChI=1S/C32H30O12/c1-11(2)19-25-24(16(8-33)29(40)31(19)42)30(41)22(14(6)27(25)38)21-13(5)26(37)23-15(28(21)39)7-17(35)32(20(23)12(3)4)43-9-18(36)44-10-34/h7-8,11-12,34-35,37,39H,9-10H2,1-6H3. The van der Waals surface area contributed by atoms with Crippen molar-refractivity contribution in [2.24, 2.45) is 0 Å². The molecule has 12 heteroatoms. The largest absolute Gasteiger partial charge is 0.507 e. The number of aliphatic hydroxyl groups is 1. The van der Waals surface area contributed by atoms with Crippen LogP contribution in [0.4, 0.5) is 0 Å². The van der Waals surface area contributed by atoms with Gasteiger partial charge in [-0.05, 0) is 31.7 Å². The number of hydrogen-bond acceptors (Lipinski definition) is 12. The zero-order chi connectivity index (χ0) is 32.9. The normalized spacial score (nSPS) is 11.6. The van der Waals surface area contributed by atoms with Gasteiger partial charge in [0.25, 0.3) is 0 Å². The molecule has 0 fully saturated rings. The van der Waals surface area contributed by atoms with Crippen LogP contribution in [0, 0.1) is 13.8 Å². The van der Waals surface area contributed by atoms with Crippen molar-refractivity contribution in [3.05, 3.63) is 74.8 Å². The summed E-state index contributed by atoms with van der Waals surface area (Å²) in [6.07, 6.45) is 0.0471. The minimum absolute atomic E-state index is 0.0174. The van der Waals surface area contributed by atoms with Crippen LogP contribution in [-0.2, 0) is 9.53 Å². The van der Waals surface area contributed by atoms with Crippen LogP contribution < -0.4 is 26.5 Å². The van der Waals surface area contributed by atoms with E-state index in [0.29, 0.717) is 0 Å². The molecule has 2 aliphatic rings. The number of aldehydes is 1. The maximum atomic E-state index is 14.1. The van der Waals surface area contributed by atoms with E-state index in [2.05, 4.69) is 4.74 Å². The van der Waals surface area contributed by atoms with Crippen LogP contribution in [0.2, 0.25) is 0 Å². The number of carbonyl (C=O) groups excluding carboxylic acids is 2. The Kier molecular flexibility index (Phi) is 8.34. The maximum absolute atomic E-state index is 14.1. The third-order valence-corrected chi connectivity index (χ3v) is 7.72. The van der Waals surface area contributed by atoms with Gasteiger partial charge in [0.05, 0.1) is 5.56 Å². The van der Waals surface area contributed by atoms with Gasteiger partial charge in [0.1, 0.15) is 11.5 Å². The van der Waals surface area contributed by atoms with Crippen molar-refractivity contribution in [2.75, 3.05) is 13.4 Å². The minimum atomic E-state index is -1.23. The molecule has 4 N–H and O–H groups in total. The predicted octanol–water partition coefficient (Wildman–Crippen LogP) is 2.59.